The molecule has 9 nitrogen and oxygen atoms in total. The smallest absolute Gasteiger partial charge is 0.248 e. The normalized spacial score (nSPS) is 14.6. The van der Waals surface area contributed by atoms with Crippen LogP contribution >= 0.6 is 0 Å². The quantitative estimate of drug-likeness (QED) is 0.497. The van der Waals surface area contributed by atoms with Crippen molar-refractivity contribution in [2.75, 3.05) is 63.8 Å². The van der Waals surface area contributed by atoms with Gasteiger partial charge in [-0.1, -0.05) is 6.07 Å². The van der Waals surface area contributed by atoms with Crippen molar-refractivity contribution in [3.63, 3.8) is 0 Å². The van der Waals surface area contributed by atoms with Gasteiger partial charge in [-0.3, -0.25) is 4.79 Å². The van der Waals surface area contributed by atoms with Crippen molar-refractivity contribution in [1.29, 1.82) is 0 Å². The predicted molar refractivity (Wildman–Crippen MR) is 137 cm³/mol. The Labute approximate surface area is 207 Å². The number of rotatable bonds is 10. The van der Waals surface area contributed by atoms with E-state index in [1.165, 1.54) is 16.4 Å². The number of amides is 1. The van der Waals surface area contributed by atoms with Crippen molar-refractivity contribution < 1.29 is 27.4 Å². The molecule has 2 aromatic rings. The third-order valence-electron chi connectivity index (χ3n) is 5.77. The zero-order chi connectivity index (χ0) is 25.4. The summed E-state index contributed by atoms with van der Waals surface area (Å²) in [6.07, 6.45) is 3.05. The van der Waals surface area contributed by atoms with Gasteiger partial charge in [-0.2, -0.15) is 4.31 Å². The molecule has 0 unspecified atom stereocenters. The molecule has 2 aromatic carbocycles. The molecule has 0 aromatic heterocycles. The van der Waals surface area contributed by atoms with Crippen LogP contribution in [-0.2, 0) is 19.6 Å². The summed E-state index contributed by atoms with van der Waals surface area (Å²) in [6.45, 7) is 6.75. The molecule has 35 heavy (non-hydrogen) atoms. The summed E-state index contributed by atoms with van der Waals surface area (Å²) in [5, 5.41) is 2.87. The van der Waals surface area contributed by atoms with Gasteiger partial charge in [0.1, 0.15) is 0 Å². The first kappa shape index (κ1) is 26.5. The van der Waals surface area contributed by atoms with E-state index in [9.17, 15) is 13.2 Å². The lowest BCUT2D eigenvalue weighted by molar-refractivity contribution is -0.111. The summed E-state index contributed by atoms with van der Waals surface area (Å²) in [5.41, 5.74) is 1.94. The van der Waals surface area contributed by atoms with Crippen molar-refractivity contribution in [2.45, 2.75) is 18.7 Å². The molecule has 0 aliphatic carbocycles. The summed E-state index contributed by atoms with van der Waals surface area (Å²) in [7, 11) is -0.603. The Morgan fingerprint density at radius 2 is 1.74 bits per heavy atom. The first-order valence-corrected chi connectivity index (χ1v) is 13.0. The van der Waals surface area contributed by atoms with Crippen LogP contribution in [-0.4, -0.2) is 72.2 Å². The Morgan fingerprint density at radius 3 is 2.37 bits per heavy atom. The molecule has 190 valence electrons. The molecule has 1 saturated heterocycles. The lowest BCUT2D eigenvalue weighted by Crippen LogP contribution is -2.40. The third-order valence-corrected chi connectivity index (χ3v) is 7.67. The van der Waals surface area contributed by atoms with E-state index >= 15 is 0 Å². The monoisotopic (exact) mass is 503 g/mol. The standard InChI is InChI=1S/C25H33N3O6S/c1-5-27(6-2)22-10-9-20(35(30,31)28-13-15-34-16-14-28)18-21(22)26-25(29)12-8-19-7-11-23(32-3)24(17-19)33-4/h7-12,17-18H,5-6,13-16H2,1-4H3,(H,26,29). The van der Waals surface area contributed by atoms with Gasteiger partial charge in [0, 0.05) is 32.3 Å². The van der Waals surface area contributed by atoms with Gasteiger partial charge in [-0.25, -0.2) is 8.42 Å². The third kappa shape index (κ3) is 6.33. The Balaban J connectivity index is 1.88. The van der Waals surface area contributed by atoms with Crippen molar-refractivity contribution in [2.24, 2.45) is 0 Å². The zero-order valence-corrected chi connectivity index (χ0v) is 21.4. The minimum atomic E-state index is -3.71. The van der Waals surface area contributed by atoms with Crippen molar-refractivity contribution in [3.05, 3.63) is 48.0 Å². The van der Waals surface area contributed by atoms with Crippen molar-refractivity contribution >= 4 is 33.4 Å². The summed E-state index contributed by atoms with van der Waals surface area (Å²) in [6, 6.07) is 10.2. The number of benzene rings is 2. The Morgan fingerprint density at radius 1 is 1.06 bits per heavy atom. The fraction of sp³-hybridized carbons (Fsp3) is 0.400. The molecule has 1 fully saturated rings. The van der Waals surface area contributed by atoms with Crippen LogP contribution in [0.1, 0.15) is 19.4 Å². The maximum Gasteiger partial charge on any atom is 0.248 e. The summed E-state index contributed by atoms with van der Waals surface area (Å²) in [4.78, 5) is 15.0. The second kappa shape index (κ2) is 12.1. The van der Waals surface area contributed by atoms with Gasteiger partial charge >= 0.3 is 0 Å². The number of nitrogens with one attached hydrogen (secondary N) is 1. The van der Waals surface area contributed by atoms with E-state index in [0.717, 1.165) is 11.3 Å². The van der Waals surface area contributed by atoms with E-state index in [-0.39, 0.29) is 10.8 Å². The maximum absolute atomic E-state index is 13.2. The summed E-state index contributed by atoms with van der Waals surface area (Å²) >= 11 is 0. The fourth-order valence-electron chi connectivity index (χ4n) is 3.85. The number of hydrogen-bond donors (Lipinski definition) is 1. The first-order chi connectivity index (χ1) is 16.8. The average molecular weight is 504 g/mol. The van der Waals surface area contributed by atoms with Crippen LogP contribution in [0.4, 0.5) is 11.4 Å². The molecule has 0 atom stereocenters. The molecule has 0 spiro atoms. The van der Waals surface area contributed by atoms with Crippen LogP contribution < -0.4 is 19.7 Å². The number of carbonyl (C=O) groups is 1. The molecule has 1 N–H and O–H groups in total. The van der Waals surface area contributed by atoms with Crippen LogP contribution in [0.3, 0.4) is 0 Å². The molecular formula is C25H33N3O6S. The number of morpholine rings is 1. The number of methoxy groups -OCH3 is 2. The average Bonchev–Trinajstić information content (AvgIpc) is 2.89. The SMILES string of the molecule is CCN(CC)c1ccc(S(=O)(=O)N2CCOCC2)cc1NC(=O)C=Cc1ccc(OC)c(OC)c1. The number of ether oxygens (including phenoxy) is 3. The van der Waals surface area contributed by atoms with Gasteiger partial charge in [0.25, 0.3) is 0 Å². The van der Waals surface area contributed by atoms with E-state index in [1.54, 1.807) is 44.6 Å². The highest BCUT2D eigenvalue weighted by atomic mass is 32.2. The van der Waals surface area contributed by atoms with Crippen molar-refractivity contribution in [1.82, 2.24) is 4.31 Å². The van der Waals surface area contributed by atoms with Crippen molar-refractivity contribution in [3.8, 4) is 11.5 Å². The Bertz CT molecular complexity index is 1160. The Hall–Kier alpha value is -3.08. The zero-order valence-electron chi connectivity index (χ0n) is 20.6. The second-order valence-corrected chi connectivity index (χ2v) is 9.74. The van der Waals surface area contributed by atoms with Crippen LogP contribution in [0.15, 0.2) is 47.4 Å². The Kier molecular flexibility index (Phi) is 9.13. The summed E-state index contributed by atoms with van der Waals surface area (Å²) in [5.74, 6) is 0.769. The van der Waals surface area contributed by atoms with Crippen LogP contribution in [0.25, 0.3) is 6.08 Å². The van der Waals surface area contributed by atoms with E-state index in [2.05, 4.69) is 10.2 Å². The number of anilines is 2. The highest BCUT2D eigenvalue weighted by molar-refractivity contribution is 7.89. The van der Waals surface area contributed by atoms with E-state index in [4.69, 9.17) is 14.2 Å². The first-order valence-electron chi connectivity index (χ1n) is 11.5. The lowest BCUT2D eigenvalue weighted by Gasteiger charge is -2.28. The van der Waals surface area contributed by atoms with Gasteiger partial charge in [0.15, 0.2) is 11.5 Å². The molecule has 10 heteroatoms. The van der Waals surface area contributed by atoms with Crippen LogP contribution in [0.2, 0.25) is 0 Å². The number of carbonyl (C=O) groups excluding carboxylic acids is 1. The van der Waals surface area contributed by atoms with E-state index in [0.29, 0.717) is 56.6 Å². The minimum Gasteiger partial charge on any atom is -0.493 e. The van der Waals surface area contributed by atoms with Crippen LogP contribution in [0.5, 0.6) is 11.5 Å². The summed E-state index contributed by atoms with van der Waals surface area (Å²) < 4.78 is 43.6. The number of hydrogen-bond acceptors (Lipinski definition) is 7. The molecule has 3 rings (SSSR count). The second-order valence-electron chi connectivity index (χ2n) is 7.80. The van der Waals surface area contributed by atoms with Crippen LogP contribution in [0, 0.1) is 0 Å². The molecule has 0 radical (unpaired) electrons. The maximum atomic E-state index is 13.2. The van der Waals surface area contributed by atoms with Gasteiger partial charge in [-0.05, 0) is 55.8 Å². The number of sulfonamides is 1. The largest absolute Gasteiger partial charge is 0.493 e. The fourth-order valence-corrected chi connectivity index (χ4v) is 5.29. The molecule has 0 saturated carbocycles. The van der Waals surface area contributed by atoms with E-state index in [1.807, 2.05) is 19.9 Å². The van der Waals surface area contributed by atoms with Gasteiger partial charge in [0.2, 0.25) is 15.9 Å². The highest BCUT2D eigenvalue weighted by Crippen LogP contribution is 2.31. The molecule has 1 amide bonds. The predicted octanol–water partition coefficient (Wildman–Crippen LogP) is 3.22. The molecule has 1 aliphatic heterocycles. The number of nitrogens with zero attached hydrogens (tertiary/aromatic N) is 2. The topological polar surface area (TPSA) is 97.4 Å². The van der Waals surface area contributed by atoms with Gasteiger partial charge < -0.3 is 24.4 Å². The molecule has 1 aliphatic rings. The van der Waals surface area contributed by atoms with E-state index < -0.39 is 10.0 Å². The molecule has 1 heterocycles. The highest BCUT2D eigenvalue weighted by Gasteiger charge is 2.27. The molecule has 0 bridgehead atoms. The van der Waals surface area contributed by atoms with Gasteiger partial charge in [0.05, 0.1) is 43.7 Å². The molecular weight excluding hydrogens is 470 g/mol. The lowest BCUT2D eigenvalue weighted by atomic mass is 10.2. The van der Waals surface area contributed by atoms with Gasteiger partial charge in [-0.15, -0.1) is 0 Å². The minimum absolute atomic E-state index is 0.134.